The van der Waals surface area contributed by atoms with Gasteiger partial charge >= 0.3 is 17.6 Å². The molecule has 0 rings (SSSR count). The molecule has 0 atom stereocenters. The molecule has 0 bridgehead atoms. The molecular weight excluding hydrogens is 264 g/mol. The maximum Gasteiger partial charge on any atom is 0.504 e. The van der Waals surface area contributed by atoms with Gasteiger partial charge in [0.1, 0.15) is 0 Å². The molecule has 0 aliphatic carbocycles. The third-order valence-electron chi connectivity index (χ3n) is 2.77. The molecular formula is C7H22O6Si3. The summed E-state index contributed by atoms with van der Waals surface area (Å²) in [4.78, 5) is -0.0694. The lowest BCUT2D eigenvalue weighted by molar-refractivity contribution is 0.0915. The van der Waals surface area contributed by atoms with Crippen molar-refractivity contribution in [2.24, 2.45) is 0 Å². The standard InChI is InChI=1S/C7H22O6Si3/c1-8-15(9-2,10-3)7(14)16(11-4,12-5)13-6/h7H,1-6,14H3. The molecule has 98 valence electrons. The minimum absolute atomic E-state index is 0.0694. The molecule has 0 aromatic carbocycles. The fourth-order valence-corrected chi connectivity index (χ4v) is 13.0. The van der Waals surface area contributed by atoms with Crippen LogP contribution in [0.1, 0.15) is 0 Å². The molecule has 16 heavy (non-hydrogen) atoms. The number of hydrogen-bond acceptors (Lipinski definition) is 6. The molecule has 0 aromatic heterocycles. The van der Waals surface area contributed by atoms with Crippen LogP contribution in [0.25, 0.3) is 0 Å². The van der Waals surface area contributed by atoms with Gasteiger partial charge < -0.3 is 26.6 Å². The Hall–Kier alpha value is 0.411. The summed E-state index contributed by atoms with van der Waals surface area (Å²) in [6.07, 6.45) is 0. The van der Waals surface area contributed by atoms with E-state index in [1.54, 1.807) is 42.7 Å². The van der Waals surface area contributed by atoms with Gasteiger partial charge in [0.2, 0.25) is 0 Å². The molecule has 0 heterocycles. The van der Waals surface area contributed by atoms with Gasteiger partial charge in [-0.15, -0.1) is 0 Å². The SMILES string of the molecule is CO[Si](OC)(OC)C([SiH3])[Si](OC)(OC)OC. The van der Waals surface area contributed by atoms with Crippen LogP contribution in [0, 0.1) is 0 Å². The maximum absolute atomic E-state index is 5.43. The quantitative estimate of drug-likeness (QED) is 0.532. The zero-order valence-corrected chi connectivity index (χ0v) is 15.0. The molecule has 0 aromatic rings. The molecule has 0 fully saturated rings. The van der Waals surface area contributed by atoms with Crippen LogP contribution in [-0.2, 0) is 26.6 Å². The van der Waals surface area contributed by atoms with Gasteiger partial charge in [0.25, 0.3) is 0 Å². The lowest BCUT2D eigenvalue weighted by atomic mass is 11.7. The van der Waals surface area contributed by atoms with E-state index >= 15 is 0 Å². The minimum atomic E-state index is -2.77. The van der Waals surface area contributed by atoms with Crippen LogP contribution >= 0.6 is 0 Å². The van der Waals surface area contributed by atoms with Gasteiger partial charge in [-0.2, -0.15) is 0 Å². The number of rotatable bonds is 8. The Morgan fingerprint density at radius 1 is 0.625 bits per heavy atom. The second kappa shape index (κ2) is 6.98. The summed E-state index contributed by atoms with van der Waals surface area (Å²) in [6.45, 7) is 0. The second-order valence-corrected chi connectivity index (χ2v) is 13.8. The second-order valence-electron chi connectivity index (χ2n) is 3.15. The first-order valence-corrected chi connectivity index (χ1v) is 9.59. The first-order chi connectivity index (χ1) is 7.52. The molecule has 9 heteroatoms. The largest absolute Gasteiger partial charge is 0.504 e. The highest BCUT2D eigenvalue weighted by atomic mass is 28.5. The molecule has 0 aliphatic rings. The van der Waals surface area contributed by atoms with Crippen molar-refractivity contribution in [2.75, 3.05) is 42.7 Å². The predicted octanol–water partition coefficient (Wildman–Crippen LogP) is -1.03. The molecule has 0 N–H and O–H groups in total. The van der Waals surface area contributed by atoms with E-state index in [0.717, 1.165) is 10.2 Å². The highest BCUT2D eigenvalue weighted by molar-refractivity contribution is 6.90. The van der Waals surface area contributed by atoms with Crippen LogP contribution in [0.3, 0.4) is 0 Å². The Balaban J connectivity index is 5.16. The van der Waals surface area contributed by atoms with Gasteiger partial charge in [0.15, 0.2) is 0 Å². The average Bonchev–Trinajstić information content (AvgIpc) is 2.35. The molecule has 0 radical (unpaired) electrons. The van der Waals surface area contributed by atoms with Crippen LogP contribution < -0.4 is 0 Å². The maximum atomic E-state index is 5.43. The Bertz CT molecular complexity index is 160. The summed E-state index contributed by atoms with van der Waals surface area (Å²) in [5, 5.41) is 0. The summed E-state index contributed by atoms with van der Waals surface area (Å²) in [5.41, 5.74) is 0. The van der Waals surface area contributed by atoms with Crippen LogP contribution in [0.4, 0.5) is 0 Å². The molecule has 0 aliphatic heterocycles. The summed E-state index contributed by atoms with van der Waals surface area (Å²) in [5.74, 6) is 0. The Kier molecular flexibility index (Phi) is 7.16. The lowest BCUT2D eigenvalue weighted by Crippen LogP contribution is -2.62. The van der Waals surface area contributed by atoms with Crippen LogP contribution in [0.15, 0.2) is 0 Å². The molecule has 0 unspecified atom stereocenters. The fraction of sp³-hybridized carbons (Fsp3) is 1.00. The van der Waals surface area contributed by atoms with Crippen LogP contribution in [0.2, 0.25) is 4.79 Å². The van der Waals surface area contributed by atoms with Crippen molar-refractivity contribution < 1.29 is 26.6 Å². The topological polar surface area (TPSA) is 55.4 Å². The Labute approximate surface area is 102 Å². The van der Waals surface area contributed by atoms with Crippen LogP contribution in [0.5, 0.6) is 0 Å². The Morgan fingerprint density at radius 3 is 0.938 bits per heavy atom. The van der Waals surface area contributed by atoms with E-state index in [2.05, 4.69) is 0 Å². The van der Waals surface area contributed by atoms with Crippen molar-refractivity contribution >= 4 is 27.9 Å². The van der Waals surface area contributed by atoms with Crippen molar-refractivity contribution in [2.45, 2.75) is 4.79 Å². The van der Waals surface area contributed by atoms with E-state index in [0.29, 0.717) is 0 Å². The van der Waals surface area contributed by atoms with Gasteiger partial charge in [0, 0.05) is 52.9 Å². The van der Waals surface area contributed by atoms with Crippen molar-refractivity contribution in [1.29, 1.82) is 0 Å². The summed E-state index contributed by atoms with van der Waals surface area (Å²) >= 11 is 0. The Morgan fingerprint density at radius 2 is 0.812 bits per heavy atom. The minimum Gasteiger partial charge on any atom is -0.377 e. The van der Waals surface area contributed by atoms with Gasteiger partial charge in [-0.3, -0.25) is 0 Å². The van der Waals surface area contributed by atoms with E-state index in [1.165, 1.54) is 0 Å². The van der Waals surface area contributed by atoms with E-state index in [9.17, 15) is 0 Å². The fourth-order valence-electron chi connectivity index (χ4n) is 1.78. The highest BCUT2D eigenvalue weighted by Crippen LogP contribution is 2.31. The number of hydrogen-bond donors (Lipinski definition) is 0. The van der Waals surface area contributed by atoms with Crippen LogP contribution in [-0.4, -0.2) is 70.5 Å². The summed E-state index contributed by atoms with van der Waals surface area (Å²) < 4.78 is 32.6. The van der Waals surface area contributed by atoms with Gasteiger partial charge in [-0.1, -0.05) is 0 Å². The first-order valence-electron chi connectivity index (χ1n) is 4.83. The zero-order valence-electron chi connectivity index (χ0n) is 11.0. The van der Waals surface area contributed by atoms with Gasteiger partial charge in [-0.05, 0) is 0 Å². The van der Waals surface area contributed by atoms with E-state index in [1.807, 2.05) is 0 Å². The van der Waals surface area contributed by atoms with Gasteiger partial charge in [0.05, 0.1) is 4.79 Å². The van der Waals surface area contributed by atoms with Crippen molar-refractivity contribution in [3.05, 3.63) is 0 Å². The average molecular weight is 287 g/mol. The molecule has 6 nitrogen and oxygen atoms in total. The third kappa shape index (κ3) is 2.80. The van der Waals surface area contributed by atoms with E-state index in [4.69, 9.17) is 26.6 Å². The first kappa shape index (κ1) is 16.4. The zero-order chi connectivity index (χ0) is 12.8. The third-order valence-corrected chi connectivity index (χ3v) is 14.7. The van der Waals surface area contributed by atoms with E-state index < -0.39 is 17.6 Å². The highest BCUT2D eigenvalue weighted by Gasteiger charge is 2.61. The molecule has 0 spiro atoms. The monoisotopic (exact) mass is 286 g/mol. The summed E-state index contributed by atoms with van der Waals surface area (Å²) in [6, 6.07) is 0. The molecule has 0 saturated carbocycles. The van der Waals surface area contributed by atoms with Crippen molar-refractivity contribution in [3.8, 4) is 0 Å². The molecule has 0 amide bonds. The normalized spacial score (nSPS) is 13.7. The molecule has 0 saturated heterocycles. The van der Waals surface area contributed by atoms with Crippen molar-refractivity contribution in [3.63, 3.8) is 0 Å². The smallest absolute Gasteiger partial charge is 0.377 e. The predicted molar refractivity (Wildman–Crippen MR) is 67.3 cm³/mol. The summed E-state index contributed by atoms with van der Waals surface area (Å²) in [7, 11) is 4.64. The van der Waals surface area contributed by atoms with E-state index in [-0.39, 0.29) is 4.79 Å². The van der Waals surface area contributed by atoms with Crippen molar-refractivity contribution in [1.82, 2.24) is 0 Å². The lowest BCUT2D eigenvalue weighted by Gasteiger charge is -2.37. The van der Waals surface area contributed by atoms with Gasteiger partial charge in [-0.25, -0.2) is 0 Å².